The number of nitrogens with zero attached hydrogens (tertiary/aromatic N) is 1. The molecule has 33 heavy (non-hydrogen) atoms. The lowest BCUT2D eigenvalue weighted by atomic mass is 10.0. The van der Waals surface area contributed by atoms with Crippen molar-refractivity contribution < 1.29 is 0 Å². The Labute approximate surface area is 199 Å². The average Bonchev–Trinajstić information content (AvgIpc) is 2.84. The van der Waals surface area contributed by atoms with E-state index in [4.69, 9.17) is 0 Å². The molecule has 0 atom stereocenters. The van der Waals surface area contributed by atoms with E-state index in [9.17, 15) is 0 Å². The van der Waals surface area contributed by atoms with Crippen molar-refractivity contribution in [1.82, 2.24) is 0 Å². The molecule has 3 aromatic rings. The van der Waals surface area contributed by atoms with E-state index in [1.54, 1.807) is 6.08 Å². The Morgan fingerprint density at radius 1 is 0.727 bits per heavy atom. The largest absolute Gasteiger partial charge is 0.311 e. The van der Waals surface area contributed by atoms with Crippen molar-refractivity contribution in [2.24, 2.45) is 5.92 Å². The fraction of sp³-hybridized carbons (Fsp3) is 0.125. The van der Waals surface area contributed by atoms with E-state index in [0.29, 0.717) is 5.92 Å². The summed E-state index contributed by atoms with van der Waals surface area (Å²) < 4.78 is 0. The molecule has 0 spiro atoms. The van der Waals surface area contributed by atoms with Gasteiger partial charge >= 0.3 is 0 Å². The van der Waals surface area contributed by atoms with Crippen LogP contribution in [0.1, 0.15) is 31.9 Å². The van der Waals surface area contributed by atoms with Gasteiger partial charge in [-0.15, -0.1) is 0 Å². The molecule has 3 aromatic carbocycles. The Balaban J connectivity index is 2.03. The van der Waals surface area contributed by atoms with Gasteiger partial charge in [0.25, 0.3) is 0 Å². The fourth-order valence-electron chi connectivity index (χ4n) is 3.83. The third kappa shape index (κ3) is 6.11. The zero-order chi connectivity index (χ0) is 23.6. The minimum Gasteiger partial charge on any atom is -0.311 e. The van der Waals surface area contributed by atoms with Crippen LogP contribution in [0, 0.1) is 5.92 Å². The second-order valence-corrected chi connectivity index (χ2v) is 8.19. The van der Waals surface area contributed by atoms with Gasteiger partial charge in [0.1, 0.15) is 0 Å². The standard InChI is InChI=1S/C32H33N/c1-6-12-26(8-3)27-16-20-31(21-17-27)33(30-14-10-9-11-15-30)32-22-18-28(19-23-32)29(13-7-2)24-25(4)5/h6-25H,1,3H2,2,4-5H3/b13-7-,26-12+,29-24+. The summed E-state index contributed by atoms with van der Waals surface area (Å²) in [6.45, 7) is 14.2. The van der Waals surface area contributed by atoms with Gasteiger partial charge < -0.3 is 4.90 Å². The first-order chi connectivity index (χ1) is 16.1. The van der Waals surface area contributed by atoms with E-state index < -0.39 is 0 Å². The van der Waals surface area contributed by atoms with Crippen LogP contribution in [0.15, 0.2) is 128 Å². The van der Waals surface area contributed by atoms with Crippen LogP contribution < -0.4 is 4.90 Å². The molecule has 3 rings (SSSR count). The summed E-state index contributed by atoms with van der Waals surface area (Å²) in [5, 5.41) is 0. The Bertz CT molecular complexity index is 1140. The van der Waals surface area contributed by atoms with Crippen LogP contribution >= 0.6 is 0 Å². The van der Waals surface area contributed by atoms with Crippen molar-refractivity contribution in [3.8, 4) is 0 Å². The van der Waals surface area contributed by atoms with Gasteiger partial charge in [-0.2, -0.15) is 0 Å². The maximum atomic E-state index is 3.93. The van der Waals surface area contributed by atoms with Crippen molar-refractivity contribution in [2.75, 3.05) is 4.90 Å². The zero-order valence-electron chi connectivity index (χ0n) is 19.9. The average molecular weight is 432 g/mol. The highest BCUT2D eigenvalue weighted by Gasteiger charge is 2.13. The van der Waals surface area contributed by atoms with Gasteiger partial charge in [-0.3, -0.25) is 0 Å². The van der Waals surface area contributed by atoms with Gasteiger partial charge in [0.2, 0.25) is 0 Å². The molecular weight excluding hydrogens is 398 g/mol. The van der Waals surface area contributed by atoms with Crippen molar-refractivity contribution in [1.29, 1.82) is 0 Å². The third-order valence-electron chi connectivity index (χ3n) is 5.31. The Morgan fingerprint density at radius 3 is 1.70 bits per heavy atom. The summed E-state index contributed by atoms with van der Waals surface area (Å²) in [5.41, 5.74) is 7.99. The summed E-state index contributed by atoms with van der Waals surface area (Å²) in [4.78, 5) is 2.28. The first-order valence-electron chi connectivity index (χ1n) is 11.4. The fourth-order valence-corrected chi connectivity index (χ4v) is 3.83. The number of allylic oxidation sites excluding steroid dienone is 8. The van der Waals surface area contributed by atoms with Crippen molar-refractivity contribution >= 4 is 28.2 Å². The quantitative estimate of drug-likeness (QED) is 0.305. The third-order valence-corrected chi connectivity index (χ3v) is 5.31. The van der Waals surface area contributed by atoms with Crippen LogP contribution in [-0.2, 0) is 0 Å². The van der Waals surface area contributed by atoms with Gasteiger partial charge in [0, 0.05) is 17.1 Å². The van der Waals surface area contributed by atoms with Gasteiger partial charge in [-0.25, -0.2) is 0 Å². The molecule has 166 valence electrons. The second-order valence-electron chi connectivity index (χ2n) is 8.19. The number of para-hydroxylation sites is 1. The van der Waals surface area contributed by atoms with Crippen LogP contribution in [0.5, 0.6) is 0 Å². The van der Waals surface area contributed by atoms with E-state index in [-0.39, 0.29) is 0 Å². The van der Waals surface area contributed by atoms with Gasteiger partial charge in [0.15, 0.2) is 0 Å². The van der Waals surface area contributed by atoms with Crippen LogP contribution in [-0.4, -0.2) is 0 Å². The monoisotopic (exact) mass is 431 g/mol. The SMILES string of the molecule is C=C/C=C(\C=C)c1ccc(N(c2ccccc2)c2ccc(C(/C=C\C)=C/C(C)C)cc2)cc1. The molecule has 0 fully saturated rings. The molecular formula is C32H33N. The van der Waals surface area contributed by atoms with Gasteiger partial charge in [-0.05, 0) is 71.5 Å². The number of hydrogen-bond donors (Lipinski definition) is 0. The lowest BCUT2D eigenvalue weighted by Gasteiger charge is -2.26. The first-order valence-corrected chi connectivity index (χ1v) is 11.4. The molecule has 1 nitrogen and oxygen atoms in total. The Morgan fingerprint density at radius 2 is 1.24 bits per heavy atom. The summed E-state index contributed by atoms with van der Waals surface area (Å²) in [7, 11) is 0. The maximum Gasteiger partial charge on any atom is 0.0462 e. The molecule has 0 amide bonds. The van der Waals surface area contributed by atoms with Crippen LogP contribution in [0.2, 0.25) is 0 Å². The predicted octanol–water partition coefficient (Wildman–Crippen LogP) is 9.53. The van der Waals surface area contributed by atoms with Crippen molar-refractivity contribution in [2.45, 2.75) is 20.8 Å². The first kappa shape index (κ1) is 23.8. The molecule has 0 aromatic heterocycles. The topological polar surface area (TPSA) is 3.24 Å². The molecule has 0 aliphatic carbocycles. The molecule has 0 aliphatic heterocycles. The number of rotatable bonds is 9. The van der Waals surface area contributed by atoms with E-state index in [1.807, 2.05) is 18.2 Å². The second kappa shape index (κ2) is 11.7. The summed E-state index contributed by atoms with van der Waals surface area (Å²) >= 11 is 0. The van der Waals surface area contributed by atoms with Crippen LogP contribution in [0.4, 0.5) is 17.1 Å². The number of benzene rings is 3. The van der Waals surface area contributed by atoms with Gasteiger partial charge in [0.05, 0.1) is 0 Å². The zero-order valence-corrected chi connectivity index (χ0v) is 19.9. The molecule has 0 N–H and O–H groups in total. The molecule has 0 bridgehead atoms. The Hall–Kier alpha value is -3.84. The molecule has 0 unspecified atom stereocenters. The molecule has 0 aliphatic rings. The smallest absolute Gasteiger partial charge is 0.0462 e. The lowest BCUT2D eigenvalue weighted by Crippen LogP contribution is -2.09. The van der Waals surface area contributed by atoms with Crippen molar-refractivity contribution in [3.63, 3.8) is 0 Å². The highest BCUT2D eigenvalue weighted by molar-refractivity contribution is 5.81. The van der Waals surface area contributed by atoms with Crippen molar-refractivity contribution in [3.05, 3.63) is 140 Å². The van der Waals surface area contributed by atoms with E-state index >= 15 is 0 Å². The normalized spacial score (nSPS) is 12.2. The molecule has 0 saturated heterocycles. The van der Waals surface area contributed by atoms with Crippen LogP contribution in [0.25, 0.3) is 11.1 Å². The summed E-state index contributed by atoms with van der Waals surface area (Å²) in [5.74, 6) is 0.491. The molecule has 0 heterocycles. The Kier molecular flexibility index (Phi) is 8.43. The highest BCUT2D eigenvalue weighted by Crippen LogP contribution is 2.35. The summed E-state index contributed by atoms with van der Waals surface area (Å²) in [6.07, 6.45) is 12.2. The molecule has 1 heteroatoms. The lowest BCUT2D eigenvalue weighted by molar-refractivity contribution is 0.834. The predicted molar refractivity (Wildman–Crippen MR) is 147 cm³/mol. The molecule has 0 saturated carbocycles. The molecule has 0 radical (unpaired) electrons. The maximum absolute atomic E-state index is 3.93. The van der Waals surface area contributed by atoms with E-state index in [0.717, 1.165) is 28.2 Å². The number of anilines is 3. The van der Waals surface area contributed by atoms with E-state index in [2.05, 4.69) is 130 Å². The summed E-state index contributed by atoms with van der Waals surface area (Å²) in [6, 6.07) is 27.8. The highest BCUT2D eigenvalue weighted by atomic mass is 15.1. The number of hydrogen-bond acceptors (Lipinski definition) is 1. The van der Waals surface area contributed by atoms with Gasteiger partial charge in [-0.1, -0.05) is 106 Å². The minimum absolute atomic E-state index is 0.491. The van der Waals surface area contributed by atoms with Crippen LogP contribution in [0.3, 0.4) is 0 Å². The minimum atomic E-state index is 0.491. The van der Waals surface area contributed by atoms with E-state index in [1.165, 1.54) is 11.1 Å².